The zero-order chi connectivity index (χ0) is 30.0. The Hall–Kier alpha value is -3.71. The molecule has 0 radical (unpaired) electrons. The van der Waals surface area contributed by atoms with Crippen molar-refractivity contribution in [3.05, 3.63) is 57.7 Å². The highest BCUT2D eigenvalue weighted by Crippen LogP contribution is 2.36. The molecule has 40 heavy (non-hydrogen) atoms. The molecule has 0 bridgehead atoms. The summed E-state index contributed by atoms with van der Waals surface area (Å²) in [5, 5.41) is 0. The lowest BCUT2D eigenvalue weighted by atomic mass is 10.0. The van der Waals surface area contributed by atoms with Crippen LogP contribution in [0, 0.1) is 6.92 Å². The molecule has 1 saturated heterocycles. The maximum absolute atomic E-state index is 13.5. The number of carbonyl (C=O) groups is 3. The van der Waals surface area contributed by atoms with Gasteiger partial charge < -0.3 is 14.5 Å². The van der Waals surface area contributed by atoms with Crippen molar-refractivity contribution in [2.45, 2.75) is 58.9 Å². The van der Waals surface area contributed by atoms with Crippen LogP contribution in [0.15, 0.2) is 18.2 Å². The van der Waals surface area contributed by atoms with Gasteiger partial charge in [0.2, 0.25) is 0 Å². The van der Waals surface area contributed by atoms with Crippen LogP contribution in [0.5, 0.6) is 0 Å². The van der Waals surface area contributed by atoms with Crippen molar-refractivity contribution in [3.8, 4) is 0 Å². The first kappa shape index (κ1) is 30.8. The summed E-state index contributed by atoms with van der Waals surface area (Å²) in [5.74, 6) is -2.18. The molecule has 1 aliphatic heterocycles. The van der Waals surface area contributed by atoms with Gasteiger partial charge in [-0.15, -0.1) is 0 Å². The number of rotatable bonds is 6. The molecule has 0 aliphatic carbocycles. The van der Waals surface area contributed by atoms with Crippen LogP contribution in [0.1, 0.15) is 81.0 Å². The van der Waals surface area contributed by atoms with E-state index in [0.29, 0.717) is 30.7 Å². The number of hydrogen-bond acceptors (Lipinski definition) is 6. The van der Waals surface area contributed by atoms with Gasteiger partial charge in [-0.2, -0.15) is 26.3 Å². The number of carbonyl (C=O) groups excluding carboxylic acids is 3. The molecule has 218 valence electrons. The monoisotopic (exact) mass is 574 g/mol. The minimum Gasteiger partial charge on any atom is -0.462 e. The van der Waals surface area contributed by atoms with Gasteiger partial charge in [0.05, 0.1) is 23.4 Å². The fourth-order valence-electron chi connectivity index (χ4n) is 4.46. The number of piperazine rings is 1. The number of hydrogen-bond donors (Lipinski definition) is 0. The molecule has 1 fully saturated rings. The number of aromatic nitrogens is 2. The van der Waals surface area contributed by atoms with Crippen molar-refractivity contribution in [1.29, 1.82) is 0 Å². The number of amides is 2. The number of aryl methyl sites for hydroxylation is 2. The molecule has 1 unspecified atom stereocenters. The fourth-order valence-corrected chi connectivity index (χ4v) is 4.46. The van der Waals surface area contributed by atoms with Gasteiger partial charge >= 0.3 is 18.3 Å². The highest BCUT2D eigenvalue weighted by molar-refractivity contribution is 6.05. The highest BCUT2D eigenvalue weighted by atomic mass is 19.4. The summed E-state index contributed by atoms with van der Waals surface area (Å²) in [7, 11) is 0. The predicted octanol–water partition coefficient (Wildman–Crippen LogP) is 4.94. The largest absolute Gasteiger partial charge is 0.462 e. The van der Waals surface area contributed by atoms with Crippen molar-refractivity contribution < 1.29 is 45.5 Å². The molecule has 1 aliphatic rings. The van der Waals surface area contributed by atoms with Crippen LogP contribution >= 0.6 is 0 Å². The minimum atomic E-state index is -5.10. The van der Waals surface area contributed by atoms with E-state index in [1.807, 2.05) is 6.92 Å². The summed E-state index contributed by atoms with van der Waals surface area (Å²) in [6, 6.07) is -0.0640. The lowest BCUT2D eigenvalue weighted by Crippen LogP contribution is -2.55. The van der Waals surface area contributed by atoms with Crippen molar-refractivity contribution >= 4 is 17.8 Å². The summed E-state index contributed by atoms with van der Waals surface area (Å²) in [4.78, 5) is 50.3. The molecule has 8 nitrogen and oxygen atoms in total. The second-order valence-corrected chi connectivity index (χ2v) is 9.30. The molecule has 2 amide bonds. The molecule has 1 aromatic heterocycles. The topological polar surface area (TPSA) is 92.7 Å². The number of ether oxygens (including phenoxy) is 1. The summed E-state index contributed by atoms with van der Waals surface area (Å²) in [5.41, 5.74) is -3.85. The Morgan fingerprint density at radius 2 is 1.55 bits per heavy atom. The first-order valence-electron chi connectivity index (χ1n) is 12.5. The Balaban J connectivity index is 1.90. The maximum atomic E-state index is 13.5. The first-order chi connectivity index (χ1) is 18.6. The third-order valence-corrected chi connectivity index (χ3v) is 6.27. The van der Waals surface area contributed by atoms with Gasteiger partial charge in [-0.25, -0.2) is 14.8 Å². The number of benzene rings is 1. The second-order valence-electron chi connectivity index (χ2n) is 9.30. The average molecular weight is 575 g/mol. The van der Waals surface area contributed by atoms with Crippen LogP contribution < -0.4 is 0 Å². The second kappa shape index (κ2) is 11.8. The van der Waals surface area contributed by atoms with Gasteiger partial charge in [-0.3, -0.25) is 9.59 Å². The van der Waals surface area contributed by atoms with E-state index in [4.69, 9.17) is 4.74 Å². The van der Waals surface area contributed by atoms with E-state index in [-0.39, 0.29) is 49.4 Å². The minimum absolute atomic E-state index is 0.0472. The first-order valence-corrected chi connectivity index (χ1v) is 12.5. The van der Waals surface area contributed by atoms with E-state index < -0.39 is 52.9 Å². The molecule has 0 saturated carbocycles. The summed E-state index contributed by atoms with van der Waals surface area (Å²) < 4.78 is 84.8. The Labute approximate surface area is 226 Å². The molecule has 0 N–H and O–H groups in total. The van der Waals surface area contributed by atoms with E-state index in [0.717, 1.165) is 4.90 Å². The maximum Gasteiger partial charge on any atom is 0.416 e. The van der Waals surface area contributed by atoms with Crippen molar-refractivity contribution in [1.82, 2.24) is 19.8 Å². The van der Waals surface area contributed by atoms with E-state index in [9.17, 15) is 40.7 Å². The number of alkyl halides is 6. The zero-order valence-electron chi connectivity index (χ0n) is 22.2. The Morgan fingerprint density at radius 3 is 2.05 bits per heavy atom. The Morgan fingerprint density at radius 1 is 0.950 bits per heavy atom. The van der Waals surface area contributed by atoms with E-state index in [1.54, 1.807) is 13.8 Å². The van der Waals surface area contributed by atoms with Crippen LogP contribution in [-0.4, -0.2) is 69.8 Å². The predicted molar refractivity (Wildman–Crippen MR) is 130 cm³/mol. The van der Waals surface area contributed by atoms with Crippen LogP contribution in [-0.2, 0) is 23.5 Å². The van der Waals surface area contributed by atoms with Gasteiger partial charge in [-0.05, 0) is 45.4 Å². The van der Waals surface area contributed by atoms with Gasteiger partial charge in [-0.1, -0.05) is 13.3 Å². The van der Waals surface area contributed by atoms with Crippen molar-refractivity contribution in [2.24, 2.45) is 0 Å². The third kappa shape index (κ3) is 6.70. The standard InChI is InChI=1S/C26H28F6N4O4/c1-5-7-19-20(24(39)40-6-2)21(34-15(4)33-19)23(38)35-8-9-36(14(3)13-35)22(37)16-10-17(25(27,28)29)12-18(11-16)26(30,31)32/h10-12,14H,5-9,13H2,1-4H3. The quantitative estimate of drug-likeness (QED) is 0.359. The summed E-state index contributed by atoms with van der Waals surface area (Å²) in [6.07, 6.45) is -9.20. The smallest absolute Gasteiger partial charge is 0.416 e. The Kier molecular flexibility index (Phi) is 9.10. The molecule has 2 heterocycles. The highest BCUT2D eigenvalue weighted by Gasteiger charge is 2.39. The van der Waals surface area contributed by atoms with E-state index >= 15 is 0 Å². The van der Waals surface area contributed by atoms with Gasteiger partial charge in [0, 0.05) is 31.2 Å². The van der Waals surface area contributed by atoms with Crippen molar-refractivity contribution in [2.75, 3.05) is 26.2 Å². The summed E-state index contributed by atoms with van der Waals surface area (Å²) in [6.45, 7) is 6.21. The molecule has 0 spiro atoms. The lowest BCUT2D eigenvalue weighted by Gasteiger charge is -2.40. The molecule has 3 rings (SSSR count). The number of halogens is 6. The average Bonchev–Trinajstić information content (AvgIpc) is 2.86. The number of nitrogens with zero attached hydrogens (tertiary/aromatic N) is 4. The zero-order valence-corrected chi connectivity index (χ0v) is 22.2. The van der Waals surface area contributed by atoms with Crippen molar-refractivity contribution in [3.63, 3.8) is 0 Å². The van der Waals surface area contributed by atoms with Gasteiger partial charge in [0.25, 0.3) is 11.8 Å². The fraction of sp³-hybridized carbons (Fsp3) is 0.500. The lowest BCUT2D eigenvalue weighted by molar-refractivity contribution is -0.143. The molecular weight excluding hydrogens is 546 g/mol. The van der Waals surface area contributed by atoms with E-state index in [2.05, 4.69) is 9.97 Å². The molecule has 14 heteroatoms. The van der Waals surface area contributed by atoms with Crippen LogP contribution in [0.2, 0.25) is 0 Å². The normalized spacial score (nSPS) is 16.2. The van der Waals surface area contributed by atoms with Gasteiger partial charge in [0.15, 0.2) is 0 Å². The van der Waals surface area contributed by atoms with Gasteiger partial charge in [0.1, 0.15) is 17.1 Å². The third-order valence-electron chi connectivity index (χ3n) is 6.27. The van der Waals surface area contributed by atoms with E-state index in [1.165, 1.54) is 11.8 Å². The van der Waals surface area contributed by atoms with Crippen LogP contribution in [0.4, 0.5) is 26.3 Å². The van der Waals surface area contributed by atoms with Crippen LogP contribution in [0.25, 0.3) is 0 Å². The van der Waals surface area contributed by atoms with Crippen LogP contribution in [0.3, 0.4) is 0 Å². The molecule has 1 aromatic carbocycles. The SMILES string of the molecule is CCCc1nc(C)nc(C(=O)N2CCN(C(=O)c3cc(C(F)(F)F)cc(C(F)(F)F)c3)C(C)C2)c1C(=O)OCC. The number of esters is 1. The molecular formula is C26H28F6N4O4. The summed E-state index contributed by atoms with van der Waals surface area (Å²) >= 11 is 0. The molecule has 2 aromatic rings. The molecule has 1 atom stereocenters. The Bertz CT molecular complexity index is 1260.